The highest BCUT2D eigenvalue weighted by Gasteiger charge is 2.18. The molecule has 3 nitrogen and oxygen atoms in total. The Morgan fingerprint density at radius 2 is 2.00 bits per heavy atom. The number of halogens is 1. The topological polar surface area (TPSA) is 39.9 Å². The first-order valence-corrected chi connectivity index (χ1v) is 7.03. The Balaban J connectivity index is 1.98. The van der Waals surface area contributed by atoms with Gasteiger partial charge in [-0.3, -0.25) is 0 Å². The molecule has 0 saturated carbocycles. The molecule has 0 aliphatic carbocycles. The molecule has 0 unspecified atom stereocenters. The van der Waals surface area contributed by atoms with Crippen LogP contribution in [-0.2, 0) is 13.0 Å². The Morgan fingerprint density at radius 1 is 1.20 bits per heavy atom. The average molecular weight is 284 g/mol. The van der Waals surface area contributed by atoms with E-state index >= 15 is 0 Å². The molecule has 4 heteroatoms. The first-order valence-electron chi connectivity index (χ1n) is 6.66. The minimum absolute atomic E-state index is 0.453. The van der Waals surface area contributed by atoms with E-state index in [9.17, 15) is 0 Å². The lowest BCUT2D eigenvalue weighted by Gasteiger charge is -2.23. The van der Waals surface area contributed by atoms with Crippen LogP contribution in [0.25, 0.3) is 0 Å². The standard InChI is InChI=1S/C16H14ClN3/c17-15-13(10-18)7-8-19-16(15)20-9-3-6-12-4-1-2-5-14(12)11-20/h1-2,4-5,7-8H,3,6,9,11H2. The van der Waals surface area contributed by atoms with Crippen LogP contribution in [0.5, 0.6) is 0 Å². The van der Waals surface area contributed by atoms with Crippen molar-refractivity contribution < 1.29 is 0 Å². The van der Waals surface area contributed by atoms with E-state index in [1.165, 1.54) is 11.1 Å². The molecule has 1 aliphatic rings. The van der Waals surface area contributed by atoms with Crippen LogP contribution in [0.2, 0.25) is 5.02 Å². The minimum atomic E-state index is 0.453. The van der Waals surface area contributed by atoms with Gasteiger partial charge >= 0.3 is 0 Å². The van der Waals surface area contributed by atoms with Gasteiger partial charge in [-0.1, -0.05) is 35.9 Å². The van der Waals surface area contributed by atoms with Crippen LogP contribution in [0, 0.1) is 11.3 Å². The van der Waals surface area contributed by atoms with E-state index in [-0.39, 0.29) is 0 Å². The molecule has 0 spiro atoms. The average Bonchev–Trinajstić information content (AvgIpc) is 2.69. The van der Waals surface area contributed by atoms with Gasteiger partial charge in [-0.2, -0.15) is 5.26 Å². The van der Waals surface area contributed by atoms with Crippen molar-refractivity contribution in [3.05, 3.63) is 58.2 Å². The molecule has 0 atom stereocenters. The van der Waals surface area contributed by atoms with Crippen LogP contribution < -0.4 is 4.90 Å². The van der Waals surface area contributed by atoms with E-state index in [2.05, 4.69) is 40.2 Å². The molecule has 0 N–H and O–H groups in total. The highest BCUT2D eigenvalue weighted by atomic mass is 35.5. The van der Waals surface area contributed by atoms with Crippen molar-refractivity contribution >= 4 is 17.4 Å². The predicted octanol–water partition coefficient (Wildman–Crippen LogP) is 3.56. The zero-order chi connectivity index (χ0) is 13.9. The summed E-state index contributed by atoms with van der Waals surface area (Å²) in [5.74, 6) is 0.711. The van der Waals surface area contributed by atoms with E-state index in [0.29, 0.717) is 16.4 Å². The number of aryl methyl sites for hydroxylation is 1. The molecular weight excluding hydrogens is 270 g/mol. The maximum absolute atomic E-state index is 9.07. The van der Waals surface area contributed by atoms with Crippen molar-refractivity contribution in [2.75, 3.05) is 11.4 Å². The summed E-state index contributed by atoms with van der Waals surface area (Å²) in [7, 11) is 0. The highest BCUT2D eigenvalue weighted by Crippen LogP contribution is 2.30. The molecule has 100 valence electrons. The zero-order valence-corrected chi connectivity index (χ0v) is 11.8. The van der Waals surface area contributed by atoms with E-state index in [0.717, 1.165) is 25.9 Å². The Morgan fingerprint density at radius 3 is 2.80 bits per heavy atom. The Bertz CT molecular complexity index is 676. The summed E-state index contributed by atoms with van der Waals surface area (Å²) in [4.78, 5) is 6.53. The van der Waals surface area contributed by atoms with Gasteiger partial charge in [-0.15, -0.1) is 0 Å². The fourth-order valence-corrected chi connectivity index (χ4v) is 2.89. The number of benzene rings is 1. The second kappa shape index (κ2) is 5.52. The molecule has 1 aromatic carbocycles. The monoisotopic (exact) mass is 283 g/mol. The molecular formula is C16H14ClN3. The van der Waals surface area contributed by atoms with Gasteiger partial charge in [-0.05, 0) is 30.0 Å². The van der Waals surface area contributed by atoms with E-state index in [1.807, 2.05) is 0 Å². The van der Waals surface area contributed by atoms with Gasteiger partial charge in [0.05, 0.1) is 5.56 Å². The molecule has 0 radical (unpaired) electrons. The summed E-state index contributed by atoms with van der Waals surface area (Å²) < 4.78 is 0. The summed E-state index contributed by atoms with van der Waals surface area (Å²) in [5, 5.41) is 9.53. The summed E-state index contributed by atoms with van der Waals surface area (Å²) >= 11 is 6.30. The van der Waals surface area contributed by atoms with E-state index in [4.69, 9.17) is 16.9 Å². The van der Waals surface area contributed by atoms with Crippen molar-refractivity contribution in [2.24, 2.45) is 0 Å². The van der Waals surface area contributed by atoms with Crippen LogP contribution in [0.3, 0.4) is 0 Å². The molecule has 0 amide bonds. The molecule has 3 rings (SSSR count). The summed E-state index contributed by atoms with van der Waals surface area (Å²) in [5.41, 5.74) is 3.18. The molecule has 2 aromatic rings. The van der Waals surface area contributed by atoms with Crippen molar-refractivity contribution in [2.45, 2.75) is 19.4 Å². The quantitative estimate of drug-likeness (QED) is 0.803. The number of nitriles is 1. The Kier molecular flexibility index (Phi) is 3.58. The molecule has 2 heterocycles. The van der Waals surface area contributed by atoms with Crippen LogP contribution in [0.4, 0.5) is 5.82 Å². The van der Waals surface area contributed by atoms with Crippen LogP contribution in [-0.4, -0.2) is 11.5 Å². The van der Waals surface area contributed by atoms with Gasteiger partial charge in [0.2, 0.25) is 0 Å². The third kappa shape index (κ3) is 2.35. The number of fused-ring (bicyclic) bond motifs is 1. The lowest BCUT2D eigenvalue weighted by molar-refractivity contribution is 0.754. The number of pyridine rings is 1. The van der Waals surface area contributed by atoms with Crippen molar-refractivity contribution in [3.8, 4) is 6.07 Å². The normalized spacial score (nSPS) is 14.3. The van der Waals surface area contributed by atoms with Crippen molar-refractivity contribution in [3.63, 3.8) is 0 Å². The lowest BCUT2D eigenvalue weighted by Crippen LogP contribution is -2.24. The van der Waals surface area contributed by atoms with Crippen LogP contribution in [0.1, 0.15) is 23.1 Å². The van der Waals surface area contributed by atoms with Gasteiger partial charge in [-0.25, -0.2) is 4.98 Å². The molecule has 0 fully saturated rings. The number of aromatic nitrogens is 1. The number of anilines is 1. The fraction of sp³-hybridized carbons (Fsp3) is 0.250. The van der Waals surface area contributed by atoms with Crippen molar-refractivity contribution in [1.29, 1.82) is 5.26 Å². The third-order valence-corrected chi connectivity index (χ3v) is 4.02. The van der Waals surface area contributed by atoms with Gasteiger partial charge in [0.15, 0.2) is 0 Å². The largest absolute Gasteiger partial charge is 0.351 e. The fourth-order valence-electron chi connectivity index (χ4n) is 2.62. The number of hydrogen-bond acceptors (Lipinski definition) is 3. The van der Waals surface area contributed by atoms with Gasteiger partial charge < -0.3 is 4.90 Å². The highest BCUT2D eigenvalue weighted by molar-refractivity contribution is 6.34. The molecule has 1 aliphatic heterocycles. The first-order chi connectivity index (χ1) is 9.79. The minimum Gasteiger partial charge on any atom is -0.351 e. The number of nitrogens with zero attached hydrogens (tertiary/aromatic N) is 3. The summed E-state index contributed by atoms with van der Waals surface area (Å²) in [6.45, 7) is 1.69. The Hall–Kier alpha value is -2.05. The van der Waals surface area contributed by atoms with E-state index < -0.39 is 0 Å². The number of rotatable bonds is 1. The molecule has 1 aromatic heterocycles. The lowest BCUT2D eigenvalue weighted by atomic mass is 10.0. The van der Waals surface area contributed by atoms with Crippen LogP contribution in [0.15, 0.2) is 36.5 Å². The molecule has 20 heavy (non-hydrogen) atoms. The third-order valence-electron chi connectivity index (χ3n) is 3.64. The smallest absolute Gasteiger partial charge is 0.149 e. The number of hydrogen-bond donors (Lipinski definition) is 0. The van der Waals surface area contributed by atoms with Crippen LogP contribution >= 0.6 is 11.6 Å². The predicted molar refractivity (Wildman–Crippen MR) is 79.8 cm³/mol. The van der Waals surface area contributed by atoms with Gasteiger partial charge in [0, 0.05) is 19.3 Å². The molecule has 0 bridgehead atoms. The van der Waals surface area contributed by atoms with Gasteiger partial charge in [0.25, 0.3) is 0 Å². The first kappa shape index (κ1) is 13.0. The molecule has 0 saturated heterocycles. The second-order valence-corrected chi connectivity index (χ2v) is 5.28. The van der Waals surface area contributed by atoms with Crippen molar-refractivity contribution in [1.82, 2.24) is 4.98 Å². The summed E-state index contributed by atoms with van der Waals surface area (Å²) in [6.07, 6.45) is 3.78. The van der Waals surface area contributed by atoms with E-state index in [1.54, 1.807) is 12.3 Å². The SMILES string of the molecule is N#Cc1ccnc(N2CCCc3ccccc3C2)c1Cl. The maximum atomic E-state index is 9.07. The maximum Gasteiger partial charge on any atom is 0.149 e. The zero-order valence-electron chi connectivity index (χ0n) is 11.0. The van der Waals surface area contributed by atoms with Gasteiger partial charge in [0.1, 0.15) is 16.9 Å². The Labute approximate surface area is 123 Å². The second-order valence-electron chi connectivity index (χ2n) is 4.90. The summed E-state index contributed by atoms with van der Waals surface area (Å²) in [6, 6.07) is 12.2.